The first-order valence-corrected chi connectivity index (χ1v) is 10.4. The molecule has 3 aliphatic heterocycles. The number of nitrogens with zero attached hydrogens (tertiary/aromatic N) is 1. The molecule has 0 aliphatic carbocycles. The molecule has 1 N–H and O–H groups in total. The van der Waals surface area contributed by atoms with Gasteiger partial charge in [0.2, 0.25) is 5.91 Å². The third-order valence-electron chi connectivity index (χ3n) is 6.42. The Morgan fingerprint density at radius 1 is 1.00 bits per heavy atom. The van der Waals surface area contributed by atoms with Crippen LogP contribution in [0.25, 0.3) is 0 Å². The van der Waals surface area contributed by atoms with Gasteiger partial charge in [-0.25, -0.2) is 0 Å². The molecule has 0 aromatic heterocycles. The number of fused-ring (bicyclic) bond motifs is 2. The van der Waals surface area contributed by atoms with E-state index in [1.165, 1.54) is 31.2 Å². The lowest BCUT2D eigenvalue weighted by atomic mass is 9.89. The number of nitrogens with one attached hydrogen (secondary N) is 1. The number of carbonyl (C=O) groups excluding carboxylic acids is 1. The van der Waals surface area contributed by atoms with E-state index in [1.807, 2.05) is 6.07 Å². The molecule has 5 heteroatoms. The van der Waals surface area contributed by atoms with Gasteiger partial charge in [-0.2, -0.15) is 0 Å². The summed E-state index contributed by atoms with van der Waals surface area (Å²) in [6.07, 6.45) is 7.84. The van der Waals surface area contributed by atoms with Gasteiger partial charge in [-0.3, -0.25) is 4.79 Å². The van der Waals surface area contributed by atoms with E-state index >= 15 is 0 Å². The van der Waals surface area contributed by atoms with Crippen molar-refractivity contribution in [2.24, 2.45) is 11.8 Å². The highest BCUT2D eigenvalue weighted by molar-refractivity contribution is 5.85. The number of hydrogen-bond acceptors (Lipinski definition) is 3. The van der Waals surface area contributed by atoms with Gasteiger partial charge in [0.15, 0.2) is 0 Å². The summed E-state index contributed by atoms with van der Waals surface area (Å²) in [4.78, 5) is 15.3. The average molecular weight is 393 g/mol. The van der Waals surface area contributed by atoms with E-state index in [0.29, 0.717) is 29.8 Å². The molecule has 4 rings (SSSR count). The maximum absolute atomic E-state index is 13.2. The molecule has 3 heterocycles. The van der Waals surface area contributed by atoms with Crippen LogP contribution in [0.2, 0.25) is 0 Å². The molecule has 0 saturated carbocycles. The quantitative estimate of drug-likeness (QED) is 0.800. The summed E-state index contributed by atoms with van der Waals surface area (Å²) in [5, 5.41) is 3.69. The number of carbonyl (C=O) groups is 1. The van der Waals surface area contributed by atoms with Gasteiger partial charge < -0.3 is 15.0 Å². The predicted octanol–water partition coefficient (Wildman–Crippen LogP) is 3.78. The number of rotatable bonds is 6. The van der Waals surface area contributed by atoms with Crippen molar-refractivity contribution in [2.75, 3.05) is 19.8 Å². The number of piperidine rings is 1. The highest BCUT2D eigenvalue weighted by atomic mass is 35.5. The Kier molecular flexibility index (Phi) is 7.57. The minimum Gasteiger partial charge on any atom is -0.381 e. The topological polar surface area (TPSA) is 41.6 Å². The SMILES string of the molecule is Cl.O=C(CC1CC2CCC(C1)N2)N(Cc1ccccc1)CC1CCOCC1. The molecule has 27 heavy (non-hydrogen) atoms. The molecule has 1 amide bonds. The summed E-state index contributed by atoms with van der Waals surface area (Å²) in [7, 11) is 0. The molecule has 1 aromatic carbocycles. The van der Waals surface area contributed by atoms with Crippen LogP contribution in [0.15, 0.2) is 30.3 Å². The summed E-state index contributed by atoms with van der Waals surface area (Å²) in [6, 6.07) is 11.8. The number of hydrogen-bond donors (Lipinski definition) is 1. The lowest BCUT2D eigenvalue weighted by Crippen LogP contribution is -2.41. The zero-order valence-electron chi connectivity index (χ0n) is 16.1. The van der Waals surface area contributed by atoms with Crippen LogP contribution in [-0.2, 0) is 16.1 Å². The lowest BCUT2D eigenvalue weighted by molar-refractivity contribution is -0.134. The fraction of sp³-hybridized carbons (Fsp3) is 0.682. The average Bonchev–Trinajstić information content (AvgIpc) is 3.01. The molecular formula is C22H33ClN2O2. The van der Waals surface area contributed by atoms with E-state index in [9.17, 15) is 4.79 Å². The van der Waals surface area contributed by atoms with Crippen LogP contribution < -0.4 is 5.32 Å². The van der Waals surface area contributed by atoms with Gasteiger partial charge in [-0.15, -0.1) is 12.4 Å². The van der Waals surface area contributed by atoms with Crippen molar-refractivity contribution >= 4 is 18.3 Å². The first kappa shape index (κ1) is 20.6. The molecule has 3 aliphatic rings. The van der Waals surface area contributed by atoms with Crippen molar-refractivity contribution < 1.29 is 9.53 Å². The highest BCUT2D eigenvalue weighted by Gasteiger charge is 2.35. The maximum Gasteiger partial charge on any atom is 0.223 e. The van der Waals surface area contributed by atoms with E-state index < -0.39 is 0 Å². The molecule has 2 unspecified atom stereocenters. The molecule has 3 fully saturated rings. The molecule has 1 aromatic rings. The van der Waals surface area contributed by atoms with Crippen LogP contribution in [0.4, 0.5) is 0 Å². The Hall–Kier alpha value is -1.10. The highest BCUT2D eigenvalue weighted by Crippen LogP contribution is 2.33. The van der Waals surface area contributed by atoms with Crippen molar-refractivity contribution in [3.05, 3.63) is 35.9 Å². The third kappa shape index (κ3) is 5.69. The summed E-state index contributed by atoms with van der Waals surface area (Å²) < 4.78 is 5.50. The summed E-state index contributed by atoms with van der Waals surface area (Å²) in [6.45, 7) is 3.31. The molecule has 0 radical (unpaired) electrons. The molecule has 2 bridgehead atoms. The monoisotopic (exact) mass is 392 g/mol. The van der Waals surface area contributed by atoms with Crippen LogP contribution in [0.1, 0.15) is 50.5 Å². The first-order valence-electron chi connectivity index (χ1n) is 10.4. The van der Waals surface area contributed by atoms with E-state index in [1.54, 1.807) is 0 Å². The number of halogens is 1. The minimum atomic E-state index is 0. The lowest BCUT2D eigenvalue weighted by Gasteiger charge is -2.33. The van der Waals surface area contributed by atoms with Crippen LogP contribution in [-0.4, -0.2) is 42.6 Å². The Balaban J connectivity index is 0.00000210. The van der Waals surface area contributed by atoms with Gasteiger partial charge >= 0.3 is 0 Å². The van der Waals surface area contributed by atoms with Crippen molar-refractivity contribution in [2.45, 2.75) is 63.6 Å². The van der Waals surface area contributed by atoms with Gasteiger partial charge in [0.05, 0.1) is 0 Å². The van der Waals surface area contributed by atoms with Crippen LogP contribution in [0.3, 0.4) is 0 Å². The molecule has 150 valence electrons. The number of amides is 1. The van der Waals surface area contributed by atoms with Crippen molar-refractivity contribution in [3.8, 4) is 0 Å². The summed E-state index contributed by atoms with van der Waals surface area (Å²) >= 11 is 0. The van der Waals surface area contributed by atoms with Crippen molar-refractivity contribution in [3.63, 3.8) is 0 Å². The van der Waals surface area contributed by atoms with Gasteiger partial charge in [0.1, 0.15) is 0 Å². The summed E-state index contributed by atoms with van der Waals surface area (Å²) in [5.74, 6) is 1.50. The Morgan fingerprint density at radius 2 is 1.67 bits per heavy atom. The van der Waals surface area contributed by atoms with Crippen LogP contribution in [0, 0.1) is 11.8 Å². The normalized spacial score (nSPS) is 27.8. The van der Waals surface area contributed by atoms with Gasteiger partial charge in [0, 0.05) is 44.8 Å². The standard InChI is InChI=1S/C22H32N2O2.ClH/c25-22(14-19-12-20-6-7-21(13-19)23-20)24(15-17-4-2-1-3-5-17)16-18-8-10-26-11-9-18;/h1-5,18-21,23H,6-16H2;1H. The second-order valence-electron chi connectivity index (χ2n) is 8.50. The first-order chi connectivity index (χ1) is 12.8. The van der Waals surface area contributed by atoms with Crippen LogP contribution >= 0.6 is 12.4 Å². The van der Waals surface area contributed by atoms with E-state index in [2.05, 4.69) is 34.5 Å². The maximum atomic E-state index is 13.2. The van der Waals surface area contributed by atoms with E-state index in [-0.39, 0.29) is 12.4 Å². The molecule has 2 atom stereocenters. The molecule has 3 saturated heterocycles. The third-order valence-corrected chi connectivity index (χ3v) is 6.42. The van der Waals surface area contributed by atoms with E-state index in [4.69, 9.17) is 4.74 Å². The zero-order chi connectivity index (χ0) is 17.8. The fourth-order valence-electron chi connectivity index (χ4n) is 5.02. The second kappa shape index (κ2) is 9.90. The van der Waals surface area contributed by atoms with Gasteiger partial charge in [-0.1, -0.05) is 30.3 Å². The zero-order valence-corrected chi connectivity index (χ0v) is 17.0. The smallest absolute Gasteiger partial charge is 0.223 e. The summed E-state index contributed by atoms with van der Waals surface area (Å²) in [5.41, 5.74) is 1.23. The Morgan fingerprint density at radius 3 is 2.33 bits per heavy atom. The largest absolute Gasteiger partial charge is 0.381 e. The van der Waals surface area contributed by atoms with E-state index in [0.717, 1.165) is 45.6 Å². The van der Waals surface area contributed by atoms with Crippen molar-refractivity contribution in [1.29, 1.82) is 0 Å². The van der Waals surface area contributed by atoms with Gasteiger partial charge in [0.25, 0.3) is 0 Å². The molecule has 0 spiro atoms. The number of benzene rings is 1. The minimum absolute atomic E-state index is 0. The predicted molar refractivity (Wildman–Crippen MR) is 110 cm³/mol. The fourth-order valence-corrected chi connectivity index (χ4v) is 5.02. The van der Waals surface area contributed by atoms with Crippen LogP contribution in [0.5, 0.6) is 0 Å². The Bertz CT molecular complexity index is 579. The second-order valence-corrected chi connectivity index (χ2v) is 8.50. The number of ether oxygens (including phenoxy) is 1. The molecular weight excluding hydrogens is 360 g/mol. The van der Waals surface area contributed by atoms with Crippen molar-refractivity contribution in [1.82, 2.24) is 10.2 Å². The molecule has 4 nitrogen and oxygen atoms in total. The van der Waals surface area contributed by atoms with Gasteiger partial charge in [-0.05, 0) is 55.9 Å². The Labute approximate surface area is 169 Å².